The van der Waals surface area contributed by atoms with Crippen molar-refractivity contribution in [3.63, 3.8) is 0 Å². The average Bonchev–Trinajstić information content (AvgIpc) is 2.82. The smallest absolute Gasteiger partial charge is 0.249 e. The fourth-order valence-electron chi connectivity index (χ4n) is 2.79. The lowest BCUT2D eigenvalue weighted by Crippen LogP contribution is -2.37. The van der Waals surface area contributed by atoms with Gasteiger partial charge in [-0.2, -0.15) is 0 Å². The number of carbonyl (C=O) groups excluding carboxylic acids is 1. The van der Waals surface area contributed by atoms with Crippen molar-refractivity contribution < 1.29 is 4.79 Å². The number of nitrogens with zero attached hydrogens (tertiary/aromatic N) is 1. The number of alkyl halides is 1. The summed E-state index contributed by atoms with van der Waals surface area (Å²) >= 11 is 6.38. The van der Waals surface area contributed by atoms with Crippen molar-refractivity contribution in [1.29, 1.82) is 0 Å². The van der Waals surface area contributed by atoms with E-state index in [4.69, 9.17) is 11.6 Å². The maximum absolute atomic E-state index is 12.7. The van der Waals surface area contributed by atoms with Crippen molar-refractivity contribution in [2.75, 3.05) is 4.90 Å². The number of fused-ring (bicyclic) bond motifs is 1. The molecule has 2 aromatic carbocycles. The van der Waals surface area contributed by atoms with Crippen molar-refractivity contribution in [3.8, 4) is 0 Å². The third kappa shape index (κ3) is 2.20. The van der Waals surface area contributed by atoms with E-state index in [-0.39, 0.29) is 11.9 Å². The lowest BCUT2D eigenvalue weighted by molar-refractivity contribution is -0.118. The summed E-state index contributed by atoms with van der Waals surface area (Å²) in [6, 6.07) is 17.7. The Labute approximate surface area is 124 Å². The molecule has 102 valence electrons. The van der Waals surface area contributed by atoms with Crippen LogP contribution in [0.2, 0.25) is 0 Å². The van der Waals surface area contributed by atoms with Crippen molar-refractivity contribution in [3.05, 3.63) is 65.7 Å². The van der Waals surface area contributed by atoms with Crippen LogP contribution in [0, 0.1) is 0 Å². The first-order valence-corrected chi connectivity index (χ1v) is 7.22. The third-order valence-electron chi connectivity index (χ3n) is 3.75. The maximum Gasteiger partial charge on any atom is 0.249 e. The Morgan fingerprint density at radius 1 is 1.15 bits per heavy atom. The van der Waals surface area contributed by atoms with E-state index in [1.54, 1.807) is 0 Å². The molecule has 0 aliphatic carbocycles. The van der Waals surface area contributed by atoms with Crippen molar-refractivity contribution >= 4 is 23.2 Å². The van der Waals surface area contributed by atoms with E-state index in [1.807, 2.05) is 53.4 Å². The summed E-state index contributed by atoms with van der Waals surface area (Å²) in [6.45, 7) is 2.06. The number of hydrogen-bond donors (Lipinski definition) is 0. The van der Waals surface area contributed by atoms with Gasteiger partial charge in [-0.3, -0.25) is 4.79 Å². The van der Waals surface area contributed by atoms with E-state index < -0.39 is 5.38 Å². The quantitative estimate of drug-likeness (QED) is 0.765. The molecule has 0 bridgehead atoms. The van der Waals surface area contributed by atoms with Crippen molar-refractivity contribution in [2.45, 2.75) is 24.8 Å². The molecular formula is C17H16ClNO. The monoisotopic (exact) mass is 285 g/mol. The third-order valence-corrected chi connectivity index (χ3v) is 4.19. The summed E-state index contributed by atoms with van der Waals surface area (Å²) in [5.41, 5.74) is 3.05. The van der Waals surface area contributed by atoms with Crippen LogP contribution in [0.4, 0.5) is 5.69 Å². The second kappa shape index (κ2) is 5.29. The van der Waals surface area contributed by atoms with E-state index >= 15 is 0 Å². The second-order valence-corrected chi connectivity index (χ2v) is 5.60. The molecule has 2 aromatic rings. The molecule has 0 saturated heterocycles. The summed E-state index contributed by atoms with van der Waals surface area (Å²) in [4.78, 5) is 14.5. The Bertz CT molecular complexity index is 626. The first kappa shape index (κ1) is 13.2. The Morgan fingerprint density at radius 3 is 2.55 bits per heavy atom. The van der Waals surface area contributed by atoms with Crippen LogP contribution in [-0.4, -0.2) is 11.9 Å². The summed E-state index contributed by atoms with van der Waals surface area (Å²) in [5, 5.41) is -0.634. The molecule has 3 rings (SSSR count). The van der Waals surface area contributed by atoms with Crippen molar-refractivity contribution in [1.82, 2.24) is 0 Å². The molecule has 0 saturated carbocycles. The predicted molar refractivity (Wildman–Crippen MR) is 82.1 cm³/mol. The summed E-state index contributed by atoms with van der Waals surface area (Å²) in [6.07, 6.45) is 0.889. The van der Waals surface area contributed by atoms with Gasteiger partial charge < -0.3 is 4.90 Å². The minimum absolute atomic E-state index is 0.0460. The first-order valence-electron chi connectivity index (χ1n) is 6.78. The number of para-hydroxylation sites is 1. The molecule has 1 amide bonds. The molecule has 1 aliphatic heterocycles. The van der Waals surface area contributed by atoms with Crippen LogP contribution < -0.4 is 4.90 Å². The minimum atomic E-state index is -0.634. The summed E-state index contributed by atoms with van der Waals surface area (Å²) in [5.74, 6) is -0.0460. The van der Waals surface area contributed by atoms with Gasteiger partial charge in [0.15, 0.2) is 0 Å². The molecule has 2 atom stereocenters. The number of benzene rings is 2. The predicted octanol–water partition coefficient (Wildman–Crippen LogP) is 3.94. The number of anilines is 1. The fraction of sp³-hybridized carbons (Fsp3) is 0.235. The van der Waals surface area contributed by atoms with Gasteiger partial charge >= 0.3 is 0 Å². The molecule has 0 radical (unpaired) electrons. The van der Waals surface area contributed by atoms with Crippen LogP contribution in [0.3, 0.4) is 0 Å². The maximum atomic E-state index is 12.7. The molecule has 1 heterocycles. The Morgan fingerprint density at radius 2 is 1.80 bits per heavy atom. The van der Waals surface area contributed by atoms with Gasteiger partial charge in [0.2, 0.25) is 5.91 Å². The number of hydrogen-bond acceptors (Lipinski definition) is 1. The molecule has 0 N–H and O–H groups in total. The average molecular weight is 286 g/mol. The number of rotatable bonds is 2. The number of amides is 1. The molecule has 1 aliphatic rings. The van der Waals surface area contributed by atoms with Gasteiger partial charge in [0.1, 0.15) is 5.38 Å². The highest BCUT2D eigenvalue weighted by Gasteiger charge is 2.34. The van der Waals surface area contributed by atoms with Crippen LogP contribution in [0.1, 0.15) is 23.4 Å². The summed E-state index contributed by atoms with van der Waals surface area (Å²) in [7, 11) is 0. The molecule has 3 heteroatoms. The zero-order chi connectivity index (χ0) is 14.1. The fourth-order valence-corrected chi connectivity index (χ4v) is 3.04. The van der Waals surface area contributed by atoms with E-state index in [0.717, 1.165) is 17.7 Å². The molecule has 0 fully saturated rings. The van der Waals surface area contributed by atoms with Gasteiger partial charge in [-0.15, -0.1) is 11.6 Å². The first-order chi connectivity index (χ1) is 9.68. The van der Waals surface area contributed by atoms with Gasteiger partial charge in [0.25, 0.3) is 0 Å². The molecule has 0 unspecified atom stereocenters. The largest absolute Gasteiger partial charge is 0.307 e. The molecule has 0 spiro atoms. The van der Waals surface area contributed by atoms with Gasteiger partial charge in [0, 0.05) is 11.7 Å². The molecule has 0 aromatic heterocycles. The highest BCUT2D eigenvalue weighted by molar-refractivity contribution is 6.33. The van der Waals surface area contributed by atoms with Crippen LogP contribution in [-0.2, 0) is 11.2 Å². The Kier molecular flexibility index (Phi) is 3.49. The topological polar surface area (TPSA) is 20.3 Å². The van der Waals surface area contributed by atoms with Crippen molar-refractivity contribution in [2.24, 2.45) is 0 Å². The lowest BCUT2D eigenvalue weighted by Gasteiger charge is -2.25. The molecule has 20 heavy (non-hydrogen) atoms. The minimum Gasteiger partial charge on any atom is -0.307 e. The van der Waals surface area contributed by atoms with Gasteiger partial charge in [-0.25, -0.2) is 0 Å². The standard InChI is InChI=1S/C17H16ClNO/c1-12-11-14-9-5-6-10-15(14)19(12)17(20)16(18)13-7-3-2-4-8-13/h2-10,12,16H,11H2,1H3/t12-,16-/m1/s1. The highest BCUT2D eigenvalue weighted by Crippen LogP contribution is 2.35. The van der Waals surface area contributed by atoms with Gasteiger partial charge in [-0.1, -0.05) is 48.5 Å². The lowest BCUT2D eigenvalue weighted by atomic mass is 10.1. The highest BCUT2D eigenvalue weighted by atomic mass is 35.5. The number of halogens is 1. The van der Waals surface area contributed by atoms with Crippen LogP contribution in [0.15, 0.2) is 54.6 Å². The molecule has 2 nitrogen and oxygen atoms in total. The molecular weight excluding hydrogens is 270 g/mol. The van der Waals surface area contributed by atoms with Crippen LogP contribution in [0.5, 0.6) is 0 Å². The number of carbonyl (C=O) groups is 1. The van der Waals surface area contributed by atoms with Crippen LogP contribution >= 0.6 is 11.6 Å². The van der Waals surface area contributed by atoms with E-state index in [9.17, 15) is 4.79 Å². The normalized spacial score (nSPS) is 18.7. The van der Waals surface area contributed by atoms with Crippen LogP contribution in [0.25, 0.3) is 0 Å². The van der Waals surface area contributed by atoms with E-state index in [0.29, 0.717) is 0 Å². The Balaban J connectivity index is 1.91. The zero-order valence-corrected chi connectivity index (χ0v) is 12.0. The second-order valence-electron chi connectivity index (χ2n) is 5.16. The van der Waals surface area contributed by atoms with E-state index in [1.165, 1.54) is 5.56 Å². The Hall–Kier alpha value is -1.80. The van der Waals surface area contributed by atoms with Gasteiger partial charge in [0.05, 0.1) is 0 Å². The van der Waals surface area contributed by atoms with E-state index in [2.05, 4.69) is 13.0 Å². The zero-order valence-electron chi connectivity index (χ0n) is 11.3. The summed E-state index contributed by atoms with van der Waals surface area (Å²) < 4.78 is 0. The van der Waals surface area contributed by atoms with Gasteiger partial charge in [-0.05, 0) is 30.5 Å². The SMILES string of the molecule is C[C@@H]1Cc2ccccc2N1C(=O)[C@H](Cl)c1ccccc1.